The highest BCUT2D eigenvalue weighted by Gasteiger charge is 2.37. The zero-order valence-corrected chi connectivity index (χ0v) is 46.8. The Hall–Kier alpha value is -5.38. The number of unbranched alkanes of at least 4 members (excludes halogenated alkanes) is 13. The predicted octanol–water partition coefficient (Wildman–Crippen LogP) is 2.67. The first-order valence-electron chi connectivity index (χ1n) is 28.8. The van der Waals surface area contributed by atoms with E-state index in [1.165, 1.54) is 4.90 Å². The van der Waals surface area contributed by atoms with Crippen LogP contribution in [0.15, 0.2) is 0 Å². The minimum atomic E-state index is -1.31. The molecule has 1 saturated heterocycles. The zero-order chi connectivity index (χ0) is 56.5. The van der Waals surface area contributed by atoms with Gasteiger partial charge in [-0.2, -0.15) is 0 Å². The summed E-state index contributed by atoms with van der Waals surface area (Å²) >= 11 is 0. The Morgan fingerprint density at radius 3 is 1.33 bits per heavy atom. The smallest absolute Gasteiger partial charge is 0.293 e. The number of hydrogen-bond acceptors (Lipinski definition) is 13. The number of nitrogens with zero attached hydrogens (tertiary/aromatic N) is 1. The van der Waals surface area contributed by atoms with E-state index in [1.54, 1.807) is 0 Å². The van der Waals surface area contributed by atoms with Gasteiger partial charge in [-0.15, -0.1) is 0 Å². The standard InChI is InChI=1S/C54H99N11O11/c1-6-11-15-19-26-39(57-10-5)50(71)62-42(30-23-24-33-55)51(72)60-41(28-21-17-13-8-3)49(70)59-37-47(68)65-34-25-31-45(65)54(75)64-43(29-22-18-14-9-4)52(73)63-44(32-35-76-38-66)53(74)61-40(27-20-16-12-7-2)48(69)58-36-46(56)67/h38-45,57H,6-37,55H2,1-5H3,(H2,56,67)(H,58,69)(H,59,70)(H,60,72)(H,61,74)(H,62,71)(H,63,73)(H,64,75). The highest BCUT2D eigenvalue weighted by atomic mass is 16.5. The fourth-order valence-electron chi connectivity index (χ4n) is 9.12. The van der Waals surface area contributed by atoms with E-state index in [4.69, 9.17) is 16.2 Å². The lowest BCUT2D eigenvalue weighted by Crippen LogP contribution is -2.58. The van der Waals surface area contributed by atoms with Crippen LogP contribution in [0.25, 0.3) is 0 Å². The molecule has 1 aliphatic rings. The van der Waals surface area contributed by atoms with E-state index in [0.717, 1.165) is 83.5 Å². The number of hydrogen-bond donors (Lipinski definition) is 10. The average Bonchev–Trinajstić information content (AvgIpc) is 3.90. The van der Waals surface area contributed by atoms with Crippen LogP contribution in [-0.2, 0) is 52.7 Å². The molecule has 76 heavy (non-hydrogen) atoms. The van der Waals surface area contributed by atoms with Gasteiger partial charge >= 0.3 is 0 Å². The number of rotatable bonds is 46. The Kier molecular flexibility index (Phi) is 38.6. The first kappa shape index (κ1) is 68.6. The molecule has 22 heteroatoms. The van der Waals surface area contributed by atoms with Crippen LogP contribution in [0, 0.1) is 0 Å². The summed E-state index contributed by atoms with van der Waals surface area (Å²) in [6.07, 6.45) is 17.0. The maximum atomic E-state index is 14.1. The molecule has 9 amide bonds. The molecule has 0 radical (unpaired) electrons. The summed E-state index contributed by atoms with van der Waals surface area (Å²) in [5.41, 5.74) is 11.0. The largest absolute Gasteiger partial charge is 0.468 e. The lowest BCUT2D eigenvalue weighted by Gasteiger charge is -2.28. The first-order chi connectivity index (χ1) is 36.6. The van der Waals surface area contributed by atoms with Crippen molar-refractivity contribution in [1.82, 2.24) is 47.4 Å². The van der Waals surface area contributed by atoms with Crippen LogP contribution >= 0.6 is 0 Å². The summed E-state index contributed by atoms with van der Waals surface area (Å²) in [7, 11) is 0. The van der Waals surface area contributed by atoms with Gasteiger partial charge in [0, 0.05) is 13.0 Å². The van der Waals surface area contributed by atoms with E-state index in [9.17, 15) is 47.9 Å². The topological polar surface area (TPSA) is 331 Å². The van der Waals surface area contributed by atoms with Crippen molar-refractivity contribution in [2.45, 2.75) is 244 Å². The van der Waals surface area contributed by atoms with Crippen LogP contribution < -0.4 is 54.0 Å². The molecule has 0 bridgehead atoms. The molecule has 0 aliphatic carbocycles. The van der Waals surface area contributed by atoms with Gasteiger partial charge in [0.05, 0.1) is 25.7 Å². The highest BCUT2D eigenvalue weighted by molar-refractivity contribution is 5.97. The van der Waals surface area contributed by atoms with Gasteiger partial charge in [-0.25, -0.2) is 0 Å². The van der Waals surface area contributed by atoms with E-state index in [-0.39, 0.29) is 51.2 Å². The van der Waals surface area contributed by atoms with Gasteiger partial charge in [0.1, 0.15) is 36.3 Å². The van der Waals surface area contributed by atoms with Crippen molar-refractivity contribution in [3.05, 3.63) is 0 Å². The highest BCUT2D eigenvalue weighted by Crippen LogP contribution is 2.19. The molecule has 7 unspecified atom stereocenters. The third kappa shape index (κ3) is 29.2. The van der Waals surface area contributed by atoms with E-state index in [2.05, 4.69) is 56.4 Å². The molecule has 0 aromatic rings. The number of carbonyl (C=O) groups excluding carboxylic acids is 10. The second kappa shape index (κ2) is 42.7. The van der Waals surface area contributed by atoms with Crippen molar-refractivity contribution >= 4 is 59.6 Å². The SMILES string of the molecule is CCCCCCC(NCC)C(=O)NC(CCCCN)C(=O)NC(CCCCCC)C(=O)NCC(=O)N1CCCC1C(=O)NC(CCCCCC)C(=O)NC(CCOC=O)C(=O)NC(CCCCCC)C(=O)NCC(N)=O. The van der Waals surface area contributed by atoms with Crippen LogP contribution in [0.3, 0.4) is 0 Å². The Labute approximate surface area is 453 Å². The van der Waals surface area contributed by atoms with Crippen LogP contribution in [0.4, 0.5) is 0 Å². The van der Waals surface area contributed by atoms with Crippen molar-refractivity contribution < 1.29 is 52.7 Å². The summed E-state index contributed by atoms with van der Waals surface area (Å²) in [5.74, 6) is -5.37. The van der Waals surface area contributed by atoms with Crippen LogP contribution in [0.2, 0.25) is 0 Å². The molecule has 1 aliphatic heterocycles. The number of carbonyl (C=O) groups is 10. The Bertz CT molecular complexity index is 1740. The molecule has 0 spiro atoms. The molecule has 1 rings (SSSR count). The average molecular weight is 1080 g/mol. The van der Waals surface area contributed by atoms with Crippen molar-refractivity contribution in [3.63, 3.8) is 0 Å². The number of ether oxygens (including phenoxy) is 1. The molecule has 1 fully saturated rings. The van der Waals surface area contributed by atoms with Crippen molar-refractivity contribution in [1.29, 1.82) is 0 Å². The Morgan fingerprint density at radius 2 is 0.908 bits per heavy atom. The first-order valence-corrected chi connectivity index (χ1v) is 28.8. The molecular formula is C54H99N11O11. The molecule has 436 valence electrons. The molecule has 12 N–H and O–H groups in total. The summed E-state index contributed by atoms with van der Waals surface area (Å²) in [5, 5.41) is 22.4. The van der Waals surface area contributed by atoms with Gasteiger partial charge in [-0.3, -0.25) is 47.9 Å². The molecule has 0 saturated carbocycles. The molecule has 7 atom stereocenters. The third-order valence-electron chi connectivity index (χ3n) is 13.6. The van der Waals surface area contributed by atoms with Gasteiger partial charge in [-0.05, 0) is 70.9 Å². The maximum Gasteiger partial charge on any atom is 0.293 e. The van der Waals surface area contributed by atoms with E-state index < -0.39 is 103 Å². The van der Waals surface area contributed by atoms with E-state index in [1.807, 2.05) is 20.8 Å². The Balaban J connectivity index is 3.29. The summed E-state index contributed by atoms with van der Waals surface area (Å²) in [6, 6.07) is -6.92. The second-order valence-electron chi connectivity index (χ2n) is 20.0. The van der Waals surface area contributed by atoms with Gasteiger partial charge in [0.15, 0.2) is 0 Å². The predicted molar refractivity (Wildman–Crippen MR) is 292 cm³/mol. The van der Waals surface area contributed by atoms with Crippen molar-refractivity contribution in [2.24, 2.45) is 11.5 Å². The lowest BCUT2D eigenvalue weighted by molar-refractivity contribution is -0.140. The van der Waals surface area contributed by atoms with Gasteiger partial charge in [-0.1, -0.05) is 137 Å². The fourth-order valence-corrected chi connectivity index (χ4v) is 9.12. The summed E-state index contributed by atoms with van der Waals surface area (Å²) < 4.78 is 4.87. The third-order valence-corrected chi connectivity index (χ3v) is 13.6. The molecule has 22 nitrogen and oxygen atoms in total. The molecular weight excluding hydrogens is 979 g/mol. The second-order valence-corrected chi connectivity index (χ2v) is 20.0. The van der Waals surface area contributed by atoms with Crippen LogP contribution in [-0.4, -0.2) is 146 Å². The number of likely N-dealkylation sites (N-methyl/N-ethyl adjacent to an activating group) is 1. The molecule has 0 aromatic heterocycles. The number of amides is 9. The van der Waals surface area contributed by atoms with Gasteiger partial charge in [0.25, 0.3) is 6.47 Å². The lowest BCUT2D eigenvalue weighted by atomic mass is 10.0. The van der Waals surface area contributed by atoms with Gasteiger partial charge in [0.2, 0.25) is 53.2 Å². The van der Waals surface area contributed by atoms with Crippen LogP contribution in [0.5, 0.6) is 0 Å². The molecule has 1 heterocycles. The number of nitrogens with two attached hydrogens (primary N) is 2. The number of likely N-dealkylation sites (tertiary alicyclic amines) is 1. The maximum absolute atomic E-state index is 14.1. The van der Waals surface area contributed by atoms with Gasteiger partial charge < -0.3 is 63.6 Å². The van der Waals surface area contributed by atoms with E-state index >= 15 is 0 Å². The fraction of sp³-hybridized carbons (Fsp3) is 0.815. The quantitative estimate of drug-likeness (QED) is 0.0310. The summed E-state index contributed by atoms with van der Waals surface area (Å²) in [6.45, 7) is 10.4. The number of primary amides is 1. The molecule has 0 aromatic carbocycles. The minimum Gasteiger partial charge on any atom is -0.468 e. The van der Waals surface area contributed by atoms with Crippen molar-refractivity contribution in [3.8, 4) is 0 Å². The monoisotopic (exact) mass is 1080 g/mol. The zero-order valence-electron chi connectivity index (χ0n) is 46.8. The van der Waals surface area contributed by atoms with Crippen LogP contribution in [0.1, 0.15) is 202 Å². The Morgan fingerprint density at radius 1 is 0.513 bits per heavy atom. The normalized spacial score (nSPS) is 15.4. The summed E-state index contributed by atoms with van der Waals surface area (Å²) in [4.78, 5) is 134. The number of nitrogens with one attached hydrogen (secondary N) is 8. The van der Waals surface area contributed by atoms with E-state index in [0.29, 0.717) is 70.9 Å². The minimum absolute atomic E-state index is 0.166. The van der Waals surface area contributed by atoms with Crippen molar-refractivity contribution in [2.75, 3.05) is 39.3 Å².